The Kier molecular flexibility index (Phi) is 4.89. The fourth-order valence-corrected chi connectivity index (χ4v) is 2.14. The van der Waals surface area contributed by atoms with Crippen molar-refractivity contribution < 1.29 is 5.11 Å². The standard InChI is InChI=1S/C12H22N2OS/c1-5-12(4,10(3)15)7-13-9(2)11-6-16-8-14-11/h6,8-10,13,15H,5,7H2,1-4H3. The van der Waals surface area contributed by atoms with Gasteiger partial charge in [0.2, 0.25) is 0 Å². The van der Waals surface area contributed by atoms with E-state index in [1.165, 1.54) is 0 Å². The third-order valence-electron chi connectivity index (χ3n) is 3.52. The Balaban J connectivity index is 2.50. The molecule has 3 unspecified atom stereocenters. The van der Waals surface area contributed by atoms with Crippen LogP contribution < -0.4 is 5.32 Å². The van der Waals surface area contributed by atoms with E-state index >= 15 is 0 Å². The van der Waals surface area contributed by atoms with E-state index in [9.17, 15) is 5.11 Å². The quantitative estimate of drug-likeness (QED) is 0.806. The Morgan fingerprint density at radius 2 is 2.25 bits per heavy atom. The van der Waals surface area contributed by atoms with E-state index in [2.05, 4.69) is 36.5 Å². The van der Waals surface area contributed by atoms with Gasteiger partial charge in [0, 0.05) is 23.4 Å². The van der Waals surface area contributed by atoms with E-state index in [0.29, 0.717) is 0 Å². The van der Waals surface area contributed by atoms with Crippen LogP contribution >= 0.6 is 11.3 Å². The zero-order valence-electron chi connectivity index (χ0n) is 10.5. The van der Waals surface area contributed by atoms with Crippen LogP contribution in [0.25, 0.3) is 0 Å². The van der Waals surface area contributed by atoms with Gasteiger partial charge >= 0.3 is 0 Å². The van der Waals surface area contributed by atoms with E-state index in [1.54, 1.807) is 11.3 Å². The van der Waals surface area contributed by atoms with Gasteiger partial charge in [0.05, 0.1) is 17.3 Å². The van der Waals surface area contributed by atoms with E-state index in [4.69, 9.17) is 0 Å². The highest BCUT2D eigenvalue weighted by Gasteiger charge is 2.28. The topological polar surface area (TPSA) is 45.2 Å². The van der Waals surface area contributed by atoms with Gasteiger partial charge in [-0.3, -0.25) is 0 Å². The summed E-state index contributed by atoms with van der Waals surface area (Å²) in [6.45, 7) is 8.99. The van der Waals surface area contributed by atoms with Crippen molar-refractivity contribution in [3.05, 3.63) is 16.6 Å². The highest BCUT2D eigenvalue weighted by molar-refractivity contribution is 7.07. The molecule has 0 aliphatic heterocycles. The molecule has 92 valence electrons. The van der Waals surface area contributed by atoms with Crippen molar-refractivity contribution in [2.24, 2.45) is 5.41 Å². The molecule has 0 saturated heterocycles. The number of aliphatic hydroxyl groups is 1. The van der Waals surface area contributed by atoms with Crippen LogP contribution in [-0.4, -0.2) is 22.7 Å². The Labute approximate surface area is 102 Å². The number of aliphatic hydroxyl groups excluding tert-OH is 1. The maximum absolute atomic E-state index is 9.76. The first-order valence-electron chi connectivity index (χ1n) is 5.79. The molecule has 3 atom stereocenters. The van der Waals surface area contributed by atoms with E-state index in [0.717, 1.165) is 18.7 Å². The summed E-state index contributed by atoms with van der Waals surface area (Å²) >= 11 is 1.61. The summed E-state index contributed by atoms with van der Waals surface area (Å²) in [5.74, 6) is 0. The second-order valence-corrected chi connectivity index (χ2v) is 5.42. The predicted molar refractivity (Wildman–Crippen MR) is 68.6 cm³/mol. The molecule has 0 saturated carbocycles. The summed E-state index contributed by atoms with van der Waals surface area (Å²) in [6.07, 6.45) is 0.661. The third kappa shape index (κ3) is 3.27. The van der Waals surface area contributed by atoms with E-state index in [-0.39, 0.29) is 17.6 Å². The van der Waals surface area contributed by atoms with Gasteiger partial charge < -0.3 is 10.4 Å². The first-order chi connectivity index (χ1) is 7.49. The zero-order valence-corrected chi connectivity index (χ0v) is 11.3. The van der Waals surface area contributed by atoms with Crippen LogP contribution in [0.1, 0.15) is 45.9 Å². The molecule has 2 N–H and O–H groups in total. The van der Waals surface area contributed by atoms with Crippen molar-refractivity contribution in [1.82, 2.24) is 10.3 Å². The SMILES string of the molecule is CCC(C)(CNC(C)c1cscn1)C(C)O. The van der Waals surface area contributed by atoms with Crippen LogP contribution in [0.2, 0.25) is 0 Å². The van der Waals surface area contributed by atoms with Gasteiger partial charge in [-0.05, 0) is 20.3 Å². The summed E-state index contributed by atoms with van der Waals surface area (Å²) in [6, 6.07) is 0.246. The van der Waals surface area contributed by atoms with Crippen LogP contribution in [-0.2, 0) is 0 Å². The second-order valence-electron chi connectivity index (χ2n) is 4.70. The Bertz CT molecular complexity index is 300. The minimum atomic E-state index is -0.298. The Morgan fingerprint density at radius 1 is 1.56 bits per heavy atom. The van der Waals surface area contributed by atoms with Crippen molar-refractivity contribution in [3.8, 4) is 0 Å². The molecular weight excluding hydrogens is 220 g/mol. The lowest BCUT2D eigenvalue weighted by Crippen LogP contribution is -2.40. The van der Waals surface area contributed by atoms with Gasteiger partial charge in [-0.15, -0.1) is 11.3 Å². The summed E-state index contributed by atoms with van der Waals surface area (Å²) in [7, 11) is 0. The van der Waals surface area contributed by atoms with Crippen molar-refractivity contribution >= 4 is 11.3 Å². The highest BCUT2D eigenvalue weighted by Crippen LogP contribution is 2.26. The van der Waals surface area contributed by atoms with E-state index < -0.39 is 0 Å². The molecule has 0 radical (unpaired) electrons. The summed E-state index contributed by atoms with van der Waals surface area (Å²) in [4.78, 5) is 4.28. The molecule has 1 heterocycles. The van der Waals surface area contributed by atoms with Crippen LogP contribution in [0, 0.1) is 5.41 Å². The molecule has 0 amide bonds. The number of hydrogen-bond donors (Lipinski definition) is 2. The second kappa shape index (κ2) is 5.75. The molecule has 1 aromatic rings. The van der Waals surface area contributed by atoms with Crippen molar-refractivity contribution in [3.63, 3.8) is 0 Å². The Morgan fingerprint density at radius 3 is 2.69 bits per heavy atom. The normalized spacial score (nSPS) is 19.1. The molecule has 0 fully saturated rings. The minimum absolute atomic E-state index is 0.0652. The van der Waals surface area contributed by atoms with Crippen LogP contribution in [0.5, 0.6) is 0 Å². The molecule has 0 spiro atoms. The van der Waals surface area contributed by atoms with Crippen LogP contribution in [0.3, 0.4) is 0 Å². The first-order valence-corrected chi connectivity index (χ1v) is 6.73. The van der Waals surface area contributed by atoms with Gasteiger partial charge in [-0.2, -0.15) is 0 Å². The van der Waals surface area contributed by atoms with Gasteiger partial charge in [0.25, 0.3) is 0 Å². The third-order valence-corrected chi connectivity index (χ3v) is 4.13. The van der Waals surface area contributed by atoms with Crippen molar-refractivity contribution in [2.45, 2.75) is 46.3 Å². The van der Waals surface area contributed by atoms with Crippen molar-refractivity contribution in [1.29, 1.82) is 0 Å². The molecule has 0 aromatic carbocycles. The molecule has 1 aromatic heterocycles. The summed E-state index contributed by atoms with van der Waals surface area (Å²) < 4.78 is 0. The van der Waals surface area contributed by atoms with E-state index in [1.807, 2.05) is 12.4 Å². The van der Waals surface area contributed by atoms with Gasteiger partial charge in [-0.25, -0.2) is 4.98 Å². The predicted octanol–water partition coefficient (Wildman–Crippen LogP) is 2.59. The molecule has 16 heavy (non-hydrogen) atoms. The molecule has 4 heteroatoms. The van der Waals surface area contributed by atoms with Crippen LogP contribution in [0.4, 0.5) is 0 Å². The number of rotatable bonds is 6. The minimum Gasteiger partial charge on any atom is -0.393 e. The molecule has 0 aliphatic carbocycles. The van der Waals surface area contributed by atoms with Gasteiger partial charge in [0.1, 0.15) is 0 Å². The molecule has 3 nitrogen and oxygen atoms in total. The maximum atomic E-state index is 9.76. The van der Waals surface area contributed by atoms with Gasteiger partial charge in [0.15, 0.2) is 0 Å². The molecule has 0 bridgehead atoms. The number of nitrogens with zero attached hydrogens (tertiary/aromatic N) is 1. The largest absolute Gasteiger partial charge is 0.393 e. The lowest BCUT2D eigenvalue weighted by Gasteiger charge is -2.32. The average molecular weight is 242 g/mol. The van der Waals surface area contributed by atoms with Gasteiger partial charge in [-0.1, -0.05) is 13.8 Å². The number of hydrogen-bond acceptors (Lipinski definition) is 4. The fourth-order valence-electron chi connectivity index (χ4n) is 1.49. The number of thiazole rings is 1. The molecular formula is C12H22N2OS. The molecule has 0 aliphatic rings. The van der Waals surface area contributed by atoms with Crippen molar-refractivity contribution in [2.75, 3.05) is 6.54 Å². The lowest BCUT2D eigenvalue weighted by atomic mass is 9.82. The molecule has 1 rings (SSSR count). The maximum Gasteiger partial charge on any atom is 0.0795 e. The summed E-state index contributed by atoms with van der Waals surface area (Å²) in [5.41, 5.74) is 2.86. The smallest absolute Gasteiger partial charge is 0.0795 e. The van der Waals surface area contributed by atoms with Crippen LogP contribution in [0.15, 0.2) is 10.9 Å². The average Bonchev–Trinajstić information content (AvgIpc) is 2.78. The Hall–Kier alpha value is -0.450. The fraction of sp³-hybridized carbons (Fsp3) is 0.750. The summed E-state index contributed by atoms with van der Waals surface area (Å²) in [5, 5.41) is 15.3. The zero-order chi connectivity index (χ0) is 12.2. The first kappa shape index (κ1) is 13.6. The lowest BCUT2D eigenvalue weighted by molar-refractivity contribution is 0.0473. The number of nitrogens with one attached hydrogen (secondary N) is 1. The number of aromatic nitrogens is 1. The highest BCUT2D eigenvalue weighted by atomic mass is 32.1. The monoisotopic (exact) mass is 242 g/mol.